The molecule has 15 heteroatoms. The zero-order chi connectivity index (χ0) is 22.2. The van der Waals surface area contributed by atoms with Crippen molar-refractivity contribution in [3.8, 4) is 0 Å². The van der Waals surface area contributed by atoms with Crippen LogP contribution < -0.4 is 29.6 Å². The van der Waals surface area contributed by atoms with Gasteiger partial charge < -0.3 is 11.1 Å². The van der Waals surface area contributed by atoms with Gasteiger partial charge in [0.05, 0.1) is 16.0 Å². The van der Waals surface area contributed by atoms with Crippen LogP contribution in [0.1, 0.15) is 47.8 Å². The number of hydrogen-bond donors (Lipinski definition) is 1. The molecule has 2 fully saturated rings. The number of rotatable bonds is 5. The molecule has 0 aromatic heterocycles. The molecule has 1 aromatic carbocycles. The molecule has 2 saturated heterocycles. The molecule has 0 bridgehead atoms. The largest absolute Gasteiger partial charge is 1.00 e. The van der Waals surface area contributed by atoms with Gasteiger partial charge in [-0.1, -0.05) is 0 Å². The third-order valence-electron chi connectivity index (χ3n) is 4.04. The summed E-state index contributed by atoms with van der Waals surface area (Å²) in [5.74, 6) is -5.97. The van der Waals surface area contributed by atoms with E-state index in [0.29, 0.717) is 12.1 Å². The molecule has 13 nitrogen and oxygen atoms in total. The van der Waals surface area contributed by atoms with E-state index in [2.05, 4.69) is 9.68 Å². The summed E-state index contributed by atoms with van der Waals surface area (Å²) >= 11 is 0. The Morgan fingerprint density at radius 3 is 1.39 bits per heavy atom. The Balaban J connectivity index is 0.00000256. The number of hydroxylamine groups is 4. The Bertz CT molecular complexity index is 1020. The van der Waals surface area contributed by atoms with Crippen molar-refractivity contribution in [3.63, 3.8) is 0 Å². The van der Waals surface area contributed by atoms with Gasteiger partial charge in [-0.15, -0.1) is 10.1 Å². The van der Waals surface area contributed by atoms with E-state index in [-0.39, 0.29) is 66.8 Å². The topological polar surface area (TPSA) is 182 Å². The molecule has 31 heavy (non-hydrogen) atoms. The van der Waals surface area contributed by atoms with E-state index < -0.39 is 61.7 Å². The third-order valence-corrected chi connectivity index (χ3v) is 4.87. The smallest absolute Gasteiger partial charge is 1.00 e. The van der Waals surface area contributed by atoms with E-state index in [9.17, 15) is 41.7 Å². The molecule has 2 heterocycles. The second kappa shape index (κ2) is 9.23. The number of carbonyl (C=O) groups excluding carboxylic acids is 6. The fourth-order valence-electron chi connectivity index (χ4n) is 2.57. The maximum absolute atomic E-state index is 12.3. The van der Waals surface area contributed by atoms with Gasteiger partial charge in [-0.2, -0.15) is 8.42 Å². The number of nitrogens with zero attached hydrogens (tertiary/aromatic N) is 2. The molecule has 1 aromatic rings. The predicted octanol–water partition coefficient (Wildman–Crippen LogP) is -3.51. The summed E-state index contributed by atoms with van der Waals surface area (Å²) in [4.78, 5) is 79.1. The molecule has 3 rings (SSSR count). The van der Waals surface area contributed by atoms with Crippen LogP contribution in [0.5, 0.6) is 0 Å². The minimum atomic E-state index is -4.92. The van der Waals surface area contributed by atoms with Gasteiger partial charge >= 0.3 is 41.5 Å². The maximum atomic E-state index is 12.3. The zero-order valence-corrected chi connectivity index (χ0v) is 18.7. The van der Waals surface area contributed by atoms with Crippen LogP contribution in [-0.4, -0.2) is 58.7 Å². The summed E-state index contributed by atoms with van der Waals surface area (Å²) in [6.45, 7) is 0. The van der Waals surface area contributed by atoms with E-state index in [0.717, 1.165) is 6.07 Å². The number of hydrogen-bond acceptors (Lipinski definition) is 10. The molecule has 0 spiro atoms. The van der Waals surface area contributed by atoms with Crippen molar-refractivity contribution < 1.29 is 82.4 Å². The fraction of sp³-hybridized carbons (Fsp3) is 0.250. The van der Waals surface area contributed by atoms with Crippen LogP contribution in [0, 0.1) is 0 Å². The first-order valence-electron chi connectivity index (χ1n) is 8.26. The number of benzene rings is 1. The van der Waals surface area contributed by atoms with Gasteiger partial charge in [-0.05, 0) is 18.2 Å². The first kappa shape index (κ1) is 24.6. The van der Waals surface area contributed by atoms with E-state index >= 15 is 0 Å². The standard InChI is InChI=1S/C16H12N2O11S.Na.H/c19-11-1-2-12(20)17(11)28-15(23)8-5-9(7-10(6-8)30(25,26)27)16(24)29-18-13(21)3-4-14(18)22;;/h5-7H,1-4H2,(H,25,26,27);;/q;+1;-1. The summed E-state index contributed by atoms with van der Waals surface area (Å²) in [6, 6.07) is 2.03. The quantitative estimate of drug-likeness (QED) is 0.259. The molecule has 0 aliphatic carbocycles. The van der Waals surface area contributed by atoms with Crippen molar-refractivity contribution in [3.05, 3.63) is 29.3 Å². The summed E-state index contributed by atoms with van der Waals surface area (Å²) in [7, 11) is -4.92. The molecule has 2 aliphatic rings. The minimum Gasteiger partial charge on any atom is -1.00 e. The molecule has 0 saturated carbocycles. The molecule has 0 radical (unpaired) electrons. The molecular formula is C16H13N2NaO11S. The van der Waals surface area contributed by atoms with Gasteiger partial charge in [-0.25, -0.2) is 9.59 Å². The molecule has 160 valence electrons. The fourth-order valence-corrected chi connectivity index (χ4v) is 3.12. The van der Waals surface area contributed by atoms with Gasteiger partial charge in [0.15, 0.2) is 0 Å². The van der Waals surface area contributed by atoms with Crippen molar-refractivity contribution in [2.75, 3.05) is 0 Å². The average molecular weight is 464 g/mol. The van der Waals surface area contributed by atoms with Crippen molar-refractivity contribution in [2.24, 2.45) is 0 Å². The summed E-state index contributed by atoms with van der Waals surface area (Å²) < 4.78 is 32.3. The van der Waals surface area contributed by atoms with Gasteiger partial charge in [0.25, 0.3) is 33.7 Å². The maximum Gasteiger partial charge on any atom is 1.00 e. The molecule has 1 N–H and O–H groups in total. The van der Waals surface area contributed by atoms with Crippen LogP contribution in [0.15, 0.2) is 23.1 Å². The molecule has 4 amide bonds. The Hall–Kier alpha value is -2.65. The van der Waals surface area contributed by atoms with Crippen LogP contribution in [0.25, 0.3) is 0 Å². The minimum absolute atomic E-state index is 0. The predicted molar refractivity (Wildman–Crippen MR) is 90.4 cm³/mol. The van der Waals surface area contributed by atoms with Gasteiger partial charge in [-0.3, -0.25) is 23.7 Å². The Kier molecular flexibility index (Phi) is 7.33. The van der Waals surface area contributed by atoms with Crippen LogP contribution in [-0.2, 0) is 39.0 Å². The summed E-state index contributed by atoms with van der Waals surface area (Å²) in [5, 5.41) is 0.393. The first-order chi connectivity index (χ1) is 14.0. The van der Waals surface area contributed by atoms with Crippen LogP contribution >= 0.6 is 0 Å². The van der Waals surface area contributed by atoms with E-state index in [1.54, 1.807) is 0 Å². The molecule has 2 aliphatic heterocycles. The van der Waals surface area contributed by atoms with Gasteiger partial charge in [0.1, 0.15) is 0 Å². The second-order valence-corrected chi connectivity index (χ2v) is 7.56. The Morgan fingerprint density at radius 1 is 0.774 bits per heavy atom. The summed E-state index contributed by atoms with van der Waals surface area (Å²) in [5.41, 5.74) is -1.27. The van der Waals surface area contributed by atoms with Gasteiger partial charge in [0, 0.05) is 25.7 Å². The summed E-state index contributed by atoms with van der Waals surface area (Å²) in [6.07, 6.45) is -0.751. The van der Waals surface area contributed by atoms with Crippen molar-refractivity contribution in [1.82, 2.24) is 10.1 Å². The zero-order valence-electron chi connectivity index (χ0n) is 16.9. The Morgan fingerprint density at radius 2 is 1.10 bits per heavy atom. The molecule has 0 unspecified atom stereocenters. The SMILES string of the molecule is O=C(ON1C(=O)CCC1=O)c1cc(C(=O)ON2C(=O)CCC2=O)cc(S(=O)(=O)O)c1.[H-].[Na+]. The normalized spacial score (nSPS) is 16.4. The van der Waals surface area contributed by atoms with Crippen LogP contribution in [0.2, 0.25) is 0 Å². The second-order valence-electron chi connectivity index (χ2n) is 6.14. The average Bonchev–Trinajstić information content (AvgIpc) is 3.17. The third kappa shape index (κ3) is 5.34. The monoisotopic (exact) mass is 464 g/mol. The van der Waals surface area contributed by atoms with Crippen molar-refractivity contribution in [1.29, 1.82) is 0 Å². The van der Waals surface area contributed by atoms with Gasteiger partial charge in [0.2, 0.25) is 0 Å². The number of imide groups is 2. The van der Waals surface area contributed by atoms with E-state index in [4.69, 9.17) is 0 Å². The van der Waals surface area contributed by atoms with Crippen LogP contribution in [0.4, 0.5) is 0 Å². The molecule has 0 atom stereocenters. The van der Waals surface area contributed by atoms with E-state index in [1.165, 1.54) is 0 Å². The molecular weight excluding hydrogens is 451 g/mol. The van der Waals surface area contributed by atoms with E-state index in [1.807, 2.05) is 0 Å². The first-order valence-corrected chi connectivity index (χ1v) is 9.70. The number of amides is 4. The Labute approximate surface area is 197 Å². The number of carbonyl (C=O) groups is 6. The van der Waals surface area contributed by atoms with Crippen LogP contribution in [0.3, 0.4) is 0 Å². The van der Waals surface area contributed by atoms with Crippen molar-refractivity contribution in [2.45, 2.75) is 30.6 Å². The van der Waals surface area contributed by atoms with Crippen molar-refractivity contribution >= 4 is 45.7 Å².